The van der Waals surface area contributed by atoms with Gasteiger partial charge >= 0.3 is 0 Å². The fourth-order valence-corrected chi connectivity index (χ4v) is 2.65. The van der Waals surface area contributed by atoms with Gasteiger partial charge in [0.25, 0.3) is 0 Å². The molecule has 1 N–H and O–H groups in total. The van der Waals surface area contributed by atoms with Crippen LogP contribution in [0.5, 0.6) is 0 Å². The van der Waals surface area contributed by atoms with E-state index in [1.807, 2.05) is 5.38 Å². The Morgan fingerprint density at radius 3 is 2.94 bits per heavy atom. The molecule has 1 aromatic carbocycles. The van der Waals surface area contributed by atoms with Gasteiger partial charge in [0.1, 0.15) is 17.0 Å². The van der Waals surface area contributed by atoms with Gasteiger partial charge in [-0.05, 0) is 29.5 Å². The van der Waals surface area contributed by atoms with Gasteiger partial charge < -0.3 is 5.32 Å². The summed E-state index contributed by atoms with van der Waals surface area (Å²) < 4.78 is 0. The van der Waals surface area contributed by atoms with Crippen molar-refractivity contribution in [2.24, 2.45) is 0 Å². The minimum atomic E-state index is 0.786. The molecule has 18 heavy (non-hydrogen) atoms. The number of fused-ring (bicyclic) bond motifs is 1. The summed E-state index contributed by atoms with van der Waals surface area (Å²) in [5, 5.41) is 6.52. The normalized spacial score (nSPS) is 10.7. The topological polar surface area (TPSA) is 37.8 Å². The number of aryl methyl sites for hydroxylation is 1. The highest BCUT2D eigenvalue weighted by Gasteiger charge is 2.04. The smallest absolute Gasteiger partial charge is 0.138 e. The number of anilines is 1. The summed E-state index contributed by atoms with van der Waals surface area (Å²) >= 11 is 1.64. The Hall–Kier alpha value is -1.94. The molecular formula is C14H13N3S. The van der Waals surface area contributed by atoms with Crippen LogP contribution in [0.1, 0.15) is 11.1 Å². The number of rotatable bonds is 3. The van der Waals surface area contributed by atoms with Crippen LogP contribution >= 0.6 is 11.3 Å². The quantitative estimate of drug-likeness (QED) is 0.777. The molecule has 4 heteroatoms. The summed E-state index contributed by atoms with van der Waals surface area (Å²) in [6.45, 7) is 2.91. The first-order valence-corrected chi connectivity index (χ1v) is 6.69. The largest absolute Gasteiger partial charge is 0.365 e. The van der Waals surface area contributed by atoms with E-state index in [1.54, 1.807) is 17.7 Å². The van der Waals surface area contributed by atoms with E-state index in [0.717, 1.165) is 22.6 Å². The third-order valence-corrected chi connectivity index (χ3v) is 3.79. The van der Waals surface area contributed by atoms with Gasteiger partial charge in [0, 0.05) is 6.54 Å². The number of nitrogens with one attached hydrogen (secondary N) is 1. The number of hydrogen-bond donors (Lipinski definition) is 1. The zero-order valence-electron chi connectivity index (χ0n) is 10.1. The van der Waals surface area contributed by atoms with E-state index in [4.69, 9.17) is 0 Å². The SMILES string of the molecule is Cc1ccccc1CNc1ncnc2sccc12. The van der Waals surface area contributed by atoms with Crippen molar-refractivity contribution in [2.45, 2.75) is 13.5 Å². The second kappa shape index (κ2) is 4.74. The standard InChI is InChI=1S/C14H13N3S/c1-10-4-2-3-5-11(10)8-15-13-12-6-7-18-14(12)17-9-16-13/h2-7,9H,8H2,1H3,(H,15,16,17). The predicted molar refractivity (Wildman–Crippen MR) is 75.9 cm³/mol. The van der Waals surface area contributed by atoms with Crippen LogP contribution in [0.15, 0.2) is 42.0 Å². The van der Waals surface area contributed by atoms with Gasteiger partial charge in [-0.15, -0.1) is 11.3 Å². The molecule has 0 unspecified atom stereocenters. The van der Waals surface area contributed by atoms with Crippen molar-refractivity contribution in [3.8, 4) is 0 Å². The lowest BCUT2D eigenvalue weighted by atomic mass is 10.1. The molecule has 0 fully saturated rings. The Morgan fingerprint density at radius 2 is 2.06 bits per heavy atom. The van der Waals surface area contributed by atoms with E-state index in [9.17, 15) is 0 Å². The maximum absolute atomic E-state index is 4.31. The number of nitrogens with zero attached hydrogens (tertiary/aromatic N) is 2. The highest BCUT2D eigenvalue weighted by Crippen LogP contribution is 2.24. The molecule has 0 aliphatic carbocycles. The van der Waals surface area contributed by atoms with E-state index < -0.39 is 0 Å². The molecular weight excluding hydrogens is 242 g/mol. The predicted octanol–water partition coefficient (Wildman–Crippen LogP) is 3.61. The first-order valence-electron chi connectivity index (χ1n) is 5.81. The first kappa shape index (κ1) is 11.2. The van der Waals surface area contributed by atoms with Crippen LogP contribution in [0, 0.1) is 6.92 Å². The van der Waals surface area contributed by atoms with Gasteiger partial charge in [-0.1, -0.05) is 24.3 Å². The van der Waals surface area contributed by atoms with Crippen LogP contribution in [0.2, 0.25) is 0 Å². The molecule has 0 atom stereocenters. The molecule has 3 nitrogen and oxygen atoms in total. The van der Waals surface area contributed by atoms with E-state index >= 15 is 0 Å². The molecule has 0 saturated carbocycles. The summed E-state index contributed by atoms with van der Waals surface area (Å²) in [5.74, 6) is 0.907. The molecule has 3 rings (SSSR count). The monoisotopic (exact) mass is 255 g/mol. The van der Waals surface area contributed by atoms with Gasteiger partial charge in [0.2, 0.25) is 0 Å². The molecule has 0 amide bonds. The maximum atomic E-state index is 4.31. The van der Waals surface area contributed by atoms with Crippen LogP contribution in [0.25, 0.3) is 10.2 Å². The van der Waals surface area contributed by atoms with Crippen LogP contribution < -0.4 is 5.32 Å². The zero-order chi connectivity index (χ0) is 12.4. The minimum Gasteiger partial charge on any atom is -0.365 e. The molecule has 0 aliphatic heterocycles. The van der Waals surface area contributed by atoms with E-state index in [2.05, 4.69) is 52.5 Å². The molecule has 0 radical (unpaired) electrons. The molecule has 2 heterocycles. The first-order chi connectivity index (χ1) is 8.84. The van der Waals surface area contributed by atoms with Gasteiger partial charge in [-0.3, -0.25) is 0 Å². The van der Waals surface area contributed by atoms with E-state index in [-0.39, 0.29) is 0 Å². The van der Waals surface area contributed by atoms with Gasteiger partial charge in [-0.2, -0.15) is 0 Å². The van der Waals surface area contributed by atoms with Gasteiger partial charge in [-0.25, -0.2) is 9.97 Å². The van der Waals surface area contributed by atoms with E-state index in [0.29, 0.717) is 0 Å². The number of benzene rings is 1. The Kier molecular flexibility index (Phi) is 2.94. The summed E-state index contributed by atoms with van der Waals surface area (Å²) in [6.07, 6.45) is 1.61. The van der Waals surface area contributed by atoms with E-state index in [1.165, 1.54) is 11.1 Å². The Morgan fingerprint density at radius 1 is 1.17 bits per heavy atom. The summed E-state index contributed by atoms with van der Waals surface area (Å²) in [6, 6.07) is 10.4. The molecule has 0 saturated heterocycles. The average Bonchev–Trinajstić information content (AvgIpc) is 2.86. The van der Waals surface area contributed by atoms with Gasteiger partial charge in [0.05, 0.1) is 5.39 Å². The fraction of sp³-hybridized carbons (Fsp3) is 0.143. The van der Waals surface area contributed by atoms with Crippen LogP contribution in [-0.4, -0.2) is 9.97 Å². The lowest BCUT2D eigenvalue weighted by molar-refractivity contribution is 1.09. The number of hydrogen-bond acceptors (Lipinski definition) is 4. The van der Waals surface area contributed by atoms with Crippen molar-refractivity contribution >= 4 is 27.4 Å². The Bertz CT molecular complexity index is 675. The van der Waals surface area contributed by atoms with Crippen LogP contribution in [0.3, 0.4) is 0 Å². The van der Waals surface area contributed by atoms with Crippen LogP contribution in [0.4, 0.5) is 5.82 Å². The second-order valence-electron chi connectivity index (χ2n) is 4.14. The van der Waals surface area contributed by atoms with Crippen molar-refractivity contribution in [2.75, 3.05) is 5.32 Å². The molecule has 90 valence electrons. The molecule has 0 spiro atoms. The summed E-state index contributed by atoms with van der Waals surface area (Å²) in [7, 11) is 0. The highest BCUT2D eigenvalue weighted by molar-refractivity contribution is 7.16. The third kappa shape index (κ3) is 2.07. The second-order valence-corrected chi connectivity index (χ2v) is 5.04. The average molecular weight is 255 g/mol. The summed E-state index contributed by atoms with van der Waals surface area (Å²) in [5.41, 5.74) is 2.58. The zero-order valence-corrected chi connectivity index (χ0v) is 10.9. The van der Waals surface area contributed by atoms with Gasteiger partial charge in [0.15, 0.2) is 0 Å². The maximum Gasteiger partial charge on any atom is 0.138 e. The highest BCUT2D eigenvalue weighted by atomic mass is 32.1. The molecule has 3 aromatic rings. The minimum absolute atomic E-state index is 0.786. The third-order valence-electron chi connectivity index (χ3n) is 2.97. The summed E-state index contributed by atoms with van der Waals surface area (Å²) in [4.78, 5) is 9.58. The number of thiophene rings is 1. The van der Waals surface area contributed by atoms with Crippen molar-refractivity contribution in [3.05, 3.63) is 53.2 Å². The van der Waals surface area contributed by atoms with Crippen LogP contribution in [-0.2, 0) is 6.54 Å². The van der Waals surface area contributed by atoms with Crippen molar-refractivity contribution in [1.29, 1.82) is 0 Å². The molecule has 2 aromatic heterocycles. The lowest BCUT2D eigenvalue weighted by Gasteiger charge is -2.08. The molecule has 0 aliphatic rings. The lowest BCUT2D eigenvalue weighted by Crippen LogP contribution is -2.03. The Balaban J connectivity index is 1.85. The van der Waals surface area contributed by atoms with Crippen molar-refractivity contribution in [3.63, 3.8) is 0 Å². The fourth-order valence-electron chi connectivity index (χ4n) is 1.92. The van der Waals surface area contributed by atoms with Crippen molar-refractivity contribution < 1.29 is 0 Å². The molecule has 0 bridgehead atoms. The number of aromatic nitrogens is 2. The van der Waals surface area contributed by atoms with Crippen molar-refractivity contribution in [1.82, 2.24) is 9.97 Å². The Labute approximate surface area is 110 Å².